The van der Waals surface area contributed by atoms with Crippen molar-refractivity contribution in [1.82, 2.24) is 15.3 Å². The average molecular weight is 530 g/mol. The van der Waals surface area contributed by atoms with Gasteiger partial charge in [-0.15, -0.1) is 0 Å². The number of hydrogen-bond acceptors (Lipinski definition) is 8. The molecule has 3 N–H and O–H groups in total. The van der Waals surface area contributed by atoms with Crippen molar-refractivity contribution in [2.24, 2.45) is 0 Å². The summed E-state index contributed by atoms with van der Waals surface area (Å²) in [4.78, 5) is 9.02. The molecular weight excluding hydrogens is 498 g/mol. The molecule has 0 amide bonds. The molecule has 0 spiro atoms. The van der Waals surface area contributed by atoms with Crippen molar-refractivity contribution in [1.29, 1.82) is 0 Å². The number of rotatable bonds is 9. The normalized spacial score (nSPS) is 14.6. The predicted molar refractivity (Wildman–Crippen MR) is 145 cm³/mol. The fourth-order valence-corrected chi connectivity index (χ4v) is 5.50. The van der Waals surface area contributed by atoms with E-state index in [2.05, 4.69) is 38.1 Å². The van der Waals surface area contributed by atoms with Gasteiger partial charge in [0.2, 0.25) is 5.95 Å². The minimum atomic E-state index is -3.51. The van der Waals surface area contributed by atoms with Crippen molar-refractivity contribution in [3.8, 4) is 5.75 Å². The molecule has 1 saturated heterocycles. The topological polar surface area (TPSA) is 105 Å². The predicted octanol–water partition coefficient (Wildman–Crippen LogP) is 5.67. The second-order valence-electron chi connectivity index (χ2n) is 8.94. The van der Waals surface area contributed by atoms with E-state index in [0.29, 0.717) is 30.0 Å². The van der Waals surface area contributed by atoms with Crippen LogP contribution in [-0.2, 0) is 9.84 Å². The molecular formula is C26H32ClN5O3S. The van der Waals surface area contributed by atoms with Crippen LogP contribution in [0.1, 0.15) is 45.1 Å². The maximum Gasteiger partial charge on any atom is 0.229 e. The Morgan fingerprint density at radius 3 is 2.58 bits per heavy atom. The van der Waals surface area contributed by atoms with Gasteiger partial charge in [-0.3, -0.25) is 0 Å². The van der Waals surface area contributed by atoms with E-state index < -0.39 is 15.1 Å². The highest BCUT2D eigenvalue weighted by Crippen LogP contribution is 2.35. The monoisotopic (exact) mass is 529 g/mol. The highest BCUT2D eigenvalue weighted by atomic mass is 35.5. The van der Waals surface area contributed by atoms with Gasteiger partial charge in [0.15, 0.2) is 15.7 Å². The Morgan fingerprint density at radius 1 is 1.11 bits per heavy atom. The summed E-state index contributed by atoms with van der Waals surface area (Å²) in [6.07, 6.45) is 3.67. The Morgan fingerprint density at radius 2 is 1.86 bits per heavy atom. The Hall–Kier alpha value is -2.88. The molecule has 1 fully saturated rings. The van der Waals surface area contributed by atoms with Crippen LogP contribution in [0.25, 0.3) is 0 Å². The molecule has 0 unspecified atom stereocenters. The van der Waals surface area contributed by atoms with Crippen LogP contribution in [-0.4, -0.2) is 43.3 Å². The lowest BCUT2D eigenvalue weighted by molar-refractivity contribution is 0.341. The second kappa shape index (κ2) is 11.5. The molecule has 0 atom stereocenters. The molecule has 1 aliphatic rings. The number of halogens is 1. The number of nitrogens with one attached hydrogen (secondary N) is 3. The minimum absolute atomic E-state index is 0.191. The summed E-state index contributed by atoms with van der Waals surface area (Å²) in [6.45, 7) is 7.82. The number of anilines is 4. The fourth-order valence-electron chi connectivity index (χ4n) is 4.16. The summed E-state index contributed by atoms with van der Waals surface area (Å²) >= 11 is 6.37. The molecule has 192 valence electrons. The Balaban J connectivity index is 1.61. The van der Waals surface area contributed by atoms with Gasteiger partial charge in [0.05, 0.1) is 34.3 Å². The summed E-state index contributed by atoms with van der Waals surface area (Å²) in [7, 11) is -3.51. The first kappa shape index (κ1) is 26.2. The average Bonchev–Trinajstić information content (AvgIpc) is 2.88. The van der Waals surface area contributed by atoms with E-state index >= 15 is 0 Å². The van der Waals surface area contributed by atoms with Crippen LogP contribution in [0.4, 0.5) is 23.1 Å². The van der Waals surface area contributed by atoms with E-state index in [9.17, 15) is 8.42 Å². The standard InChI is InChI=1S/C26H32ClN5O3S/c1-4-35-23-15-19(18-11-13-28-14-12-18)9-10-21(23)31-26-29-16-20(27)25(32-26)30-22-7-5-6-8-24(22)36(33,34)17(2)3/h5-10,15-18,28H,4,11-14H2,1-3H3,(H2,29,30,31,32). The highest BCUT2D eigenvalue weighted by Gasteiger charge is 2.23. The molecule has 0 saturated carbocycles. The van der Waals surface area contributed by atoms with E-state index in [1.165, 1.54) is 11.8 Å². The summed E-state index contributed by atoms with van der Waals surface area (Å²) in [6, 6.07) is 12.9. The molecule has 1 aliphatic heterocycles. The quantitative estimate of drug-likeness (QED) is 0.326. The van der Waals surface area contributed by atoms with E-state index in [1.807, 2.05) is 13.0 Å². The molecule has 3 aromatic rings. The maximum atomic E-state index is 12.8. The number of benzene rings is 2. The smallest absolute Gasteiger partial charge is 0.229 e. The van der Waals surface area contributed by atoms with Gasteiger partial charge in [-0.1, -0.05) is 29.8 Å². The molecule has 8 nitrogen and oxygen atoms in total. The number of para-hydroxylation sites is 1. The lowest BCUT2D eigenvalue weighted by Crippen LogP contribution is -2.26. The van der Waals surface area contributed by atoms with Gasteiger partial charge in [0.1, 0.15) is 10.8 Å². The van der Waals surface area contributed by atoms with Crippen LogP contribution in [0, 0.1) is 0 Å². The van der Waals surface area contributed by atoms with Crippen molar-refractivity contribution >= 4 is 44.6 Å². The number of piperidine rings is 1. The lowest BCUT2D eigenvalue weighted by atomic mass is 9.90. The SMILES string of the molecule is CCOc1cc(C2CCNCC2)ccc1Nc1ncc(Cl)c(Nc2ccccc2S(=O)(=O)C(C)C)n1. The van der Waals surface area contributed by atoms with Crippen LogP contribution in [0.15, 0.2) is 53.6 Å². The zero-order valence-corrected chi connectivity index (χ0v) is 22.3. The molecule has 0 radical (unpaired) electrons. The third-order valence-corrected chi connectivity index (χ3v) is 8.66. The minimum Gasteiger partial charge on any atom is -0.492 e. The molecule has 1 aromatic heterocycles. The maximum absolute atomic E-state index is 12.8. The first-order valence-corrected chi connectivity index (χ1v) is 14.1. The molecule has 2 aromatic carbocycles. The zero-order chi connectivity index (χ0) is 25.7. The summed E-state index contributed by atoms with van der Waals surface area (Å²) < 4.78 is 31.6. The van der Waals surface area contributed by atoms with E-state index in [0.717, 1.165) is 37.4 Å². The fraction of sp³-hybridized carbons (Fsp3) is 0.385. The van der Waals surface area contributed by atoms with Crippen LogP contribution >= 0.6 is 11.6 Å². The van der Waals surface area contributed by atoms with Crippen molar-refractivity contribution in [2.45, 2.75) is 49.7 Å². The number of aromatic nitrogens is 2. The number of hydrogen-bond donors (Lipinski definition) is 3. The molecule has 4 rings (SSSR count). The van der Waals surface area contributed by atoms with Gasteiger partial charge in [0, 0.05) is 0 Å². The van der Waals surface area contributed by atoms with Crippen LogP contribution in [0.5, 0.6) is 5.75 Å². The van der Waals surface area contributed by atoms with Crippen LogP contribution in [0.2, 0.25) is 5.02 Å². The van der Waals surface area contributed by atoms with Gasteiger partial charge >= 0.3 is 0 Å². The second-order valence-corrected chi connectivity index (χ2v) is 11.8. The summed E-state index contributed by atoms with van der Waals surface area (Å²) in [5, 5.41) is 9.41. The van der Waals surface area contributed by atoms with Gasteiger partial charge in [-0.05, 0) is 82.4 Å². The largest absolute Gasteiger partial charge is 0.492 e. The van der Waals surface area contributed by atoms with Crippen LogP contribution in [0.3, 0.4) is 0 Å². The number of sulfone groups is 1. The number of nitrogens with zero attached hydrogens (tertiary/aromatic N) is 2. The summed E-state index contributed by atoms with van der Waals surface area (Å²) in [5.41, 5.74) is 2.40. The first-order valence-electron chi connectivity index (χ1n) is 12.2. The van der Waals surface area contributed by atoms with E-state index in [1.54, 1.807) is 38.1 Å². The van der Waals surface area contributed by atoms with Gasteiger partial charge < -0.3 is 20.7 Å². The van der Waals surface area contributed by atoms with Gasteiger partial charge in [-0.2, -0.15) is 4.98 Å². The number of ether oxygens (including phenoxy) is 1. The third-order valence-electron chi connectivity index (χ3n) is 6.17. The van der Waals surface area contributed by atoms with Crippen molar-refractivity contribution in [3.63, 3.8) is 0 Å². The zero-order valence-electron chi connectivity index (χ0n) is 20.7. The Bertz CT molecular complexity index is 1310. The molecule has 0 aliphatic carbocycles. The van der Waals surface area contributed by atoms with E-state index in [4.69, 9.17) is 16.3 Å². The first-order chi connectivity index (χ1) is 17.3. The van der Waals surface area contributed by atoms with E-state index in [-0.39, 0.29) is 9.92 Å². The van der Waals surface area contributed by atoms with Crippen molar-refractivity contribution in [3.05, 3.63) is 59.2 Å². The van der Waals surface area contributed by atoms with Gasteiger partial charge in [0.25, 0.3) is 0 Å². The Kier molecular flexibility index (Phi) is 8.33. The molecule has 0 bridgehead atoms. The molecule has 10 heteroatoms. The lowest BCUT2D eigenvalue weighted by Gasteiger charge is -2.24. The van der Waals surface area contributed by atoms with Crippen molar-refractivity contribution < 1.29 is 13.2 Å². The van der Waals surface area contributed by atoms with Crippen molar-refractivity contribution in [2.75, 3.05) is 30.3 Å². The van der Waals surface area contributed by atoms with Gasteiger partial charge in [-0.25, -0.2) is 13.4 Å². The Labute approximate surface area is 217 Å². The van der Waals surface area contributed by atoms with Crippen LogP contribution < -0.4 is 20.7 Å². The molecule has 2 heterocycles. The highest BCUT2D eigenvalue weighted by molar-refractivity contribution is 7.92. The molecule has 36 heavy (non-hydrogen) atoms. The summed E-state index contributed by atoms with van der Waals surface area (Å²) in [5.74, 6) is 1.84. The third kappa shape index (κ3) is 5.91.